The summed E-state index contributed by atoms with van der Waals surface area (Å²) < 4.78 is 5.21. The number of nitrogens with one attached hydrogen (secondary N) is 2. The first-order valence-corrected chi connectivity index (χ1v) is 5.79. The summed E-state index contributed by atoms with van der Waals surface area (Å²) in [6.45, 7) is 0.552. The molecule has 1 fully saturated rings. The molecular formula is C11H15N3O4. The highest BCUT2D eigenvalue weighted by Crippen LogP contribution is 2.12. The van der Waals surface area contributed by atoms with E-state index in [0.717, 1.165) is 6.42 Å². The number of nitrogens with zero attached hydrogens (tertiary/aromatic N) is 1. The van der Waals surface area contributed by atoms with Crippen molar-refractivity contribution in [2.24, 2.45) is 0 Å². The third-order valence-electron chi connectivity index (χ3n) is 2.82. The van der Waals surface area contributed by atoms with Crippen molar-refractivity contribution in [3.8, 4) is 0 Å². The second-order valence-electron chi connectivity index (χ2n) is 4.18. The Balaban J connectivity index is 1.93. The van der Waals surface area contributed by atoms with E-state index >= 15 is 0 Å². The van der Waals surface area contributed by atoms with E-state index in [1.54, 1.807) is 0 Å². The van der Waals surface area contributed by atoms with E-state index in [1.807, 2.05) is 0 Å². The van der Waals surface area contributed by atoms with Gasteiger partial charge in [0.15, 0.2) is 0 Å². The topological polar surface area (TPSA) is 104 Å². The first kappa shape index (κ1) is 12.6. The molecule has 1 aromatic heterocycles. The predicted molar refractivity (Wildman–Crippen MR) is 60.8 cm³/mol. The van der Waals surface area contributed by atoms with Crippen molar-refractivity contribution in [2.45, 2.75) is 31.4 Å². The molecule has 0 saturated carbocycles. The zero-order chi connectivity index (χ0) is 13.0. The van der Waals surface area contributed by atoms with Crippen molar-refractivity contribution in [1.29, 1.82) is 0 Å². The van der Waals surface area contributed by atoms with Gasteiger partial charge in [0.05, 0.1) is 6.33 Å². The number of hydrogen-bond acceptors (Lipinski definition) is 4. The number of amides is 1. The summed E-state index contributed by atoms with van der Waals surface area (Å²) in [6.07, 6.45) is 4.13. The molecule has 1 aromatic rings. The number of carboxylic acid groups (broad SMARTS) is 1. The van der Waals surface area contributed by atoms with Gasteiger partial charge >= 0.3 is 5.97 Å². The smallest absolute Gasteiger partial charge is 0.326 e. The summed E-state index contributed by atoms with van der Waals surface area (Å²) >= 11 is 0. The molecule has 98 valence electrons. The molecule has 7 nitrogen and oxygen atoms in total. The lowest BCUT2D eigenvalue weighted by atomic mass is 10.1. The lowest BCUT2D eigenvalue weighted by molar-refractivity contribution is -0.143. The number of carbonyl (C=O) groups excluding carboxylic acids is 1. The number of carboxylic acids is 1. The maximum Gasteiger partial charge on any atom is 0.326 e. The molecule has 0 aliphatic carbocycles. The summed E-state index contributed by atoms with van der Waals surface area (Å²) in [5, 5.41) is 11.6. The molecule has 0 spiro atoms. The minimum atomic E-state index is -1.07. The number of aromatic nitrogens is 2. The molecule has 3 N–H and O–H groups in total. The van der Waals surface area contributed by atoms with Crippen LogP contribution in [0.5, 0.6) is 0 Å². The molecule has 0 aromatic carbocycles. The summed E-state index contributed by atoms with van der Waals surface area (Å²) in [6, 6.07) is -0.970. The van der Waals surface area contributed by atoms with Gasteiger partial charge in [-0.15, -0.1) is 0 Å². The number of H-pyrrole nitrogens is 1. The molecule has 7 heteroatoms. The molecule has 1 aliphatic rings. The minimum Gasteiger partial charge on any atom is -0.480 e. The van der Waals surface area contributed by atoms with Crippen LogP contribution >= 0.6 is 0 Å². The Hall–Kier alpha value is -1.89. The van der Waals surface area contributed by atoms with Crippen molar-refractivity contribution in [3.05, 3.63) is 18.2 Å². The average Bonchev–Trinajstić information content (AvgIpc) is 3.00. The van der Waals surface area contributed by atoms with Crippen LogP contribution in [0.1, 0.15) is 18.5 Å². The number of ether oxygens (including phenoxy) is 1. The van der Waals surface area contributed by atoms with Crippen molar-refractivity contribution < 1.29 is 19.4 Å². The normalized spacial score (nSPS) is 20.6. The first-order valence-electron chi connectivity index (χ1n) is 5.79. The molecule has 1 aliphatic heterocycles. The molecule has 2 heterocycles. The van der Waals surface area contributed by atoms with Crippen LogP contribution in [0.15, 0.2) is 12.5 Å². The number of imidazole rings is 1. The quantitative estimate of drug-likeness (QED) is 0.668. The lowest BCUT2D eigenvalue weighted by Crippen LogP contribution is -2.46. The fraction of sp³-hybridized carbons (Fsp3) is 0.545. The number of hydrogen-bond donors (Lipinski definition) is 3. The second-order valence-corrected chi connectivity index (χ2v) is 4.18. The summed E-state index contributed by atoms with van der Waals surface area (Å²) in [7, 11) is 0. The van der Waals surface area contributed by atoms with Crippen molar-refractivity contribution in [3.63, 3.8) is 0 Å². The van der Waals surface area contributed by atoms with Gasteiger partial charge in [-0.2, -0.15) is 0 Å². The van der Waals surface area contributed by atoms with Gasteiger partial charge in [0, 0.05) is 24.9 Å². The Bertz CT molecular complexity index is 412. The highest BCUT2D eigenvalue weighted by atomic mass is 16.5. The van der Waals surface area contributed by atoms with Crippen LogP contribution in [0.3, 0.4) is 0 Å². The van der Waals surface area contributed by atoms with E-state index in [2.05, 4.69) is 15.3 Å². The maximum absolute atomic E-state index is 11.8. The van der Waals surface area contributed by atoms with E-state index in [0.29, 0.717) is 18.7 Å². The van der Waals surface area contributed by atoms with Gasteiger partial charge in [0.25, 0.3) is 0 Å². The highest BCUT2D eigenvalue weighted by molar-refractivity contribution is 5.86. The van der Waals surface area contributed by atoms with E-state index in [4.69, 9.17) is 9.84 Å². The van der Waals surface area contributed by atoms with Crippen LogP contribution in [0.25, 0.3) is 0 Å². The van der Waals surface area contributed by atoms with Gasteiger partial charge in [-0.3, -0.25) is 4.79 Å². The van der Waals surface area contributed by atoms with Gasteiger partial charge in [0.2, 0.25) is 5.91 Å². The molecular weight excluding hydrogens is 238 g/mol. The number of aromatic amines is 1. The average molecular weight is 253 g/mol. The first-order chi connectivity index (χ1) is 8.66. The summed E-state index contributed by atoms with van der Waals surface area (Å²) in [5.74, 6) is -1.43. The zero-order valence-corrected chi connectivity index (χ0v) is 9.76. The van der Waals surface area contributed by atoms with Gasteiger partial charge < -0.3 is 20.1 Å². The molecule has 1 saturated heterocycles. The number of carbonyl (C=O) groups is 2. The third kappa shape index (κ3) is 3.07. The molecule has 0 unspecified atom stereocenters. The Labute approximate surface area is 104 Å². The van der Waals surface area contributed by atoms with Gasteiger partial charge in [0.1, 0.15) is 12.1 Å². The minimum absolute atomic E-state index is 0.174. The number of aliphatic carboxylic acids is 1. The Morgan fingerprint density at radius 3 is 3.06 bits per heavy atom. The molecule has 2 rings (SSSR count). The van der Waals surface area contributed by atoms with Crippen molar-refractivity contribution >= 4 is 11.9 Å². The van der Waals surface area contributed by atoms with Gasteiger partial charge in [-0.25, -0.2) is 9.78 Å². The summed E-state index contributed by atoms with van der Waals surface area (Å²) in [4.78, 5) is 29.5. The SMILES string of the molecule is O=C(O)[C@H](Cc1cnc[nH]1)NC(=O)[C@@H]1CCCO1. The van der Waals surface area contributed by atoms with E-state index < -0.39 is 18.1 Å². The third-order valence-corrected chi connectivity index (χ3v) is 2.82. The Morgan fingerprint density at radius 1 is 1.67 bits per heavy atom. The van der Waals surface area contributed by atoms with Crippen LogP contribution in [-0.2, 0) is 20.7 Å². The van der Waals surface area contributed by atoms with Crippen LogP contribution in [-0.4, -0.2) is 45.7 Å². The summed E-state index contributed by atoms with van der Waals surface area (Å²) in [5.41, 5.74) is 0.662. The molecule has 0 radical (unpaired) electrons. The maximum atomic E-state index is 11.8. The van der Waals surface area contributed by atoms with E-state index in [9.17, 15) is 9.59 Å². The zero-order valence-electron chi connectivity index (χ0n) is 9.76. The molecule has 0 bridgehead atoms. The molecule has 18 heavy (non-hydrogen) atoms. The van der Waals surface area contributed by atoms with Crippen LogP contribution in [0.2, 0.25) is 0 Å². The number of rotatable bonds is 5. The Kier molecular flexibility index (Phi) is 3.93. The van der Waals surface area contributed by atoms with E-state index in [1.165, 1.54) is 12.5 Å². The van der Waals surface area contributed by atoms with E-state index in [-0.39, 0.29) is 12.3 Å². The van der Waals surface area contributed by atoms with Crippen LogP contribution < -0.4 is 5.32 Å². The largest absolute Gasteiger partial charge is 0.480 e. The fourth-order valence-corrected chi connectivity index (χ4v) is 1.87. The van der Waals surface area contributed by atoms with Crippen LogP contribution in [0, 0.1) is 0 Å². The van der Waals surface area contributed by atoms with Crippen molar-refractivity contribution in [2.75, 3.05) is 6.61 Å². The lowest BCUT2D eigenvalue weighted by Gasteiger charge is -2.16. The van der Waals surface area contributed by atoms with Crippen molar-refractivity contribution in [1.82, 2.24) is 15.3 Å². The Morgan fingerprint density at radius 2 is 2.50 bits per heavy atom. The standard InChI is InChI=1S/C11H15N3O4/c15-10(9-2-1-3-18-9)14-8(11(16)17)4-7-5-12-6-13-7/h5-6,8-9H,1-4H2,(H,12,13)(H,14,15)(H,16,17)/t8-,9-/m0/s1. The highest BCUT2D eigenvalue weighted by Gasteiger charge is 2.28. The second kappa shape index (κ2) is 5.63. The monoisotopic (exact) mass is 253 g/mol. The molecule has 1 amide bonds. The van der Waals surface area contributed by atoms with Gasteiger partial charge in [-0.05, 0) is 12.8 Å². The fourth-order valence-electron chi connectivity index (χ4n) is 1.87. The predicted octanol–water partition coefficient (Wildman–Crippen LogP) is -0.299. The molecule has 2 atom stereocenters. The van der Waals surface area contributed by atoms with Gasteiger partial charge in [-0.1, -0.05) is 0 Å². The van der Waals surface area contributed by atoms with Crippen LogP contribution in [0.4, 0.5) is 0 Å².